The summed E-state index contributed by atoms with van der Waals surface area (Å²) in [5.74, 6) is 0.741. The molecule has 1 aliphatic heterocycles. The molecule has 1 aliphatic carbocycles. The molecule has 2 aliphatic rings. The average Bonchev–Trinajstić information content (AvgIpc) is 3.04. The van der Waals surface area contributed by atoms with Crippen molar-refractivity contribution in [1.82, 2.24) is 10.2 Å². The first-order valence-corrected chi connectivity index (χ1v) is 8.41. The lowest BCUT2D eigenvalue weighted by molar-refractivity contribution is 0.102. The molecule has 3 rings (SSSR count). The fourth-order valence-electron chi connectivity index (χ4n) is 4.28. The molecule has 0 radical (unpaired) electrons. The maximum absolute atomic E-state index is 3.54. The van der Waals surface area contributed by atoms with Crippen LogP contribution < -0.4 is 5.32 Å². The number of nitrogens with zero attached hydrogens (tertiary/aromatic N) is 1. The van der Waals surface area contributed by atoms with Crippen LogP contribution in [0, 0.1) is 0 Å². The maximum atomic E-state index is 3.54. The van der Waals surface area contributed by atoms with Crippen LogP contribution in [0.15, 0.2) is 30.3 Å². The zero-order valence-electron chi connectivity index (χ0n) is 12.7. The van der Waals surface area contributed by atoms with Gasteiger partial charge in [0, 0.05) is 18.6 Å². The summed E-state index contributed by atoms with van der Waals surface area (Å²) < 4.78 is 0. The Hall–Kier alpha value is -0.860. The standard InChI is InChI=1S/C18H28N2/c1-2-20(16-12-13-19-14-16)18-11-7-6-10-17(18)15-8-4-3-5-9-15/h3-5,8-9,16-19H,2,6-7,10-14H2,1H3. The molecule has 0 amide bonds. The molecular formula is C18H28N2. The molecule has 1 N–H and O–H groups in total. The summed E-state index contributed by atoms with van der Waals surface area (Å²) in [6, 6.07) is 12.7. The van der Waals surface area contributed by atoms with E-state index in [1.807, 2.05) is 0 Å². The van der Waals surface area contributed by atoms with E-state index >= 15 is 0 Å². The predicted molar refractivity (Wildman–Crippen MR) is 85.1 cm³/mol. The highest BCUT2D eigenvalue weighted by Crippen LogP contribution is 2.37. The number of hydrogen-bond donors (Lipinski definition) is 1. The van der Waals surface area contributed by atoms with Crippen molar-refractivity contribution in [3.63, 3.8) is 0 Å². The van der Waals surface area contributed by atoms with Gasteiger partial charge < -0.3 is 5.32 Å². The Morgan fingerprint density at radius 3 is 2.60 bits per heavy atom. The highest BCUT2D eigenvalue weighted by Gasteiger charge is 2.34. The lowest BCUT2D eigenvalue weighted by atomic mass is 9.78. The van der Waals surface area contributed by atoms with Crippen molar-refractivity contribution in [3.8, 4) is 0 Å². The first kappa shape index (κ1) is 14.1. The molecule has 3 unspecified atom stereocenters. The van der Waals surface area contributed by atoms with E-state index in [1.165, 1.54) is 51.7 Å². The normalized spacial score (nSPS) is 30.8. The summed E-state index contributed by atoms with van der Waals surface area (Å²) in [7, 11) is 0. The third-order valence-corrected chi connectivity index (χ3v) is 5.25. The fraction of sp³-hybridized carbons (Fsp3) is 0.667. The van der Waals surface area contributed by atoms with Crippen LogP contribution in [0.1, 0.15) is 50.5 Å². The van der Waals surface area contributed by atoms with Crippen LogP contribution >= 0.6 is 0 Å². The largest absolute Gasteiger partial charge is 0.315 e. The van der Waals surface area contributed by atoms with Crippen LogP contribution in [0.3, 0.4) is 0 Å². The second kappa shape index (κ2) is 6.73. The van der Waals surface area contributed by atoms with E-state index in [0.29, 0.717) is 0 Å². The van der Waals surface area contributed by atoms with Crippen LogP contribution in [0.4, 0.5) is 0 Å². The summed E-state index contributed by atoms with van der Waals surface area (Å²) in [6.45, 7) is 5.92. The third-order valence-electron chi connectivity index (χ3n) is 5.25. The molecule has 1 saturated carbocycles. The molecule has 0 aromatic heterocycles. The Bertz CT molecular complexity index is 397. The van der Waals surface area contributed by atoms with Crippen molar-refractivity contribution in [2.75, 3.05) is 19.6 Å². The first-order valence-electron chi connectivity index (χ1n) is 8.41. The molecule has 1 heterocycles. The zero-order chi connectivity index (χ0) is 13.8. The highest BCUT2D eigenvalue weighted by atomic mass is 15.2. The van der Waals surface area contributed by atoms with E-state index in [9.17, 15) is 0 Å². The zero-order valence-corrected chi connectivity index (χ0v) is 12.7. The van der Waals surface area contributed by atoms with Crippen molar-refractivity contribution < 1.29 is 0 Å². The van der Waals surface area contributed by atoms with Gasteiger partial charge in [0.05, 0.1) is 0 Å². The van der Waals surface area contributed by atoms with E-state index in [4.69, 9.17) is 0 Å². The number of nitrogens with one attached hydrogen (secondary N) is 1. The Kier molecular flexibility index (Phi) is 4.74. The fourth-order valence-corrected chi connectivity index (χ4v) is 4.28. The van der Waals surface area contributed by atoms with Crippen molar-refractivity contribution >= 4 is 0 Å². The Morgan fingerprint density at radius 1 is 1.10 bits per heavy atom. The molecule has 2 heteroatoms. The predicted octanol–water partition coefficient (Wildman–Crippen LogP) is 3.40. The Labute approximate surface area is 123 Å². The molecule has 1 aromatic rings. The molecule has 2 fully saturated rings. The summed E-state index contributed by atoms with van der Waals surface area (Å²) in [5, 5.41) is 3.54. The topological polar surface area (TPSA) is 15.3 Å². The van der Waals surface area contributed by atoms with Crippen molar-refractivity contribution in [3.05, 3.63) is 35.9 Å². The first-order chi connectivity index (χ1) is 9.90. The molecule has 0 spiro atoms. The van der Waals surface area contributed by atoms with E-state index in [2.05, 4.69) is 47.5 Å². The van der Waals surface area contributed by atoms with Gasteiger partial charge >= 0.3 is 0 Å². The van der Waals surface area contributed by atoms with Gasteiger partial charge in [-0.25, -0.2) is 0 Å². The minimum absolute atomic E-state index is 0.741. The van der Waals surface area contributed by atoms with Crippen LogP contribution in [-0.4, -0.2) is 36.6 Å². The Balaban J connectivity index is 1.80. The average molecular weight is 272 g/mol. The van der Waals surface area contributed by atoms with E-state index in [1.54, 1.807) is 5.56 Å². The number of rotatable bonds is 4. The molecular weight excluding hydrogens is 244 g/mol. The quantitative estimate of drug-likeness (QED) is 0.904. The minimum atomic E-state index is 0.741. The number of hydrogen-bond acceptors (Lipinski definition) is 2. The summed E-state index contributed by atoms with van der Waals surface area (Å²) >= 11 is 0. The number of benzene rings is 1. The SMILES string of the molecule is CCN(C1CCNC1)C1CCCCC1c1ccccc1. The van der Waals surface area contributed by atoms with E-state index < -0.39 is 0 Å². The van der Waals surface area contributed by atoms with Gasteiger partial charge in [-0.15, -0.1) is 0 Å². The molecule has 3 atom stereocenters. The van der Waals surface area contributed by atoms with Gasteiger partial charge in [0.2, 0.25) is 0 Å². The lowest BCUT2D eigenvalue weighted by Gasteiger charge is -2.42. The number of likely N-dealkylation sites (N-methyl/N-ethyl adjacent to an activating group) is 1. The Morgan fingerprint density at radius 2 is 1.90 bits per heavy atom. The van der Waals surface area contributed by atoms with Crippen LogP contribution in [0.5, 0.6) is 0 Å². The van der Waals surface area contributed by atoms with E-state index in [0.717, 1.165) is 18.0 Å². The summed E-state index contributed by atoms with van der Waals surface area (Å²) in [4.78, 5) is 2.80. The molecule has 1 saturated heterocycles. The molecule has 2 nitrogen and oxygen atoms in total. The van der Waals surface area contributed by atoms with Gasteiger partial charge in [0.25, 0.3) is 0 Å². The molecule has 20 heavy (non-hydrogen) atoms. The molecule has 110 valence electrons. The maximum Gasteiger partial charge on any atom is 0.0235 e. The van der Waals surface area contributed by atoms with Crippen LogP contribution in [0.2, 0.25) is 0 Å². The van der Waals surface area contributed by atoms with Gasteiger partial charge in [-0.05, 0) is 43.8 Å². The van der Waals surface area contributed by atoms with Crippen LogP contribution in [-0.2, 0) is 0 Å². The van der Waals surface area contributed by atoms with Gasteiger partial charge in [-0.2, -0.15) is 0 Å². The summed E-state index contributed by atoms with van der Waals surface area (Å²) in [6.07, 6.45) is 6.88. The smallest absolute Gasteiger partial charge is 0.0235 e. The second-order valence-electron chi connectivity index (χ2n) is 6.35. The second-order valence-corrected chi connectivity index (χ2v) is 6.35. The van der Waals surface area contributed by atoms with Gasteiger partial charge in [0.15, 0.2) is 0 Å². The van der Waals surface area contributed by atoms with Gasteiger partial charge in [0.1, 0.15) is 0 Å². The molecule has 0 bridgehead atoms. The lowest BCUT2D eigenvalue weighted by Crippen LogP contribution is -2.48. The van der Waals surface area contributed by atoms with Gasteiger partial charge in [-0.1, -0.05) is 50.1 Å². The van der Waals surface area contributed by atoms with Crippen LogP contribution in [0.25, 0.3) is 0 Å². The monoisotopic (exact) mass is 272 g/mol. The van der Waals surface area contributed by atoms with Crippen molar-refractivity contribution in [2.45, 2.75) is 57.0 Å². The van der Waals surface area contributed by atoms with Crippen molar-refractivity contribution in [2.24, 2.45) is 0 Å². The van der Waals surface area contributed by atoms with Crippen molar-refractivity contribution in [1.29, 1.82) is 0 Å². The highest BCUT2D eigenvalue weighted by molar-refractivity contribution is 5.22. The third kappa shape index (κ3) is 2.91. The minimum Gasteiger partial charge on any atom is -0.315 e. The molecule has 1 aromatic carbocycles. The van der Waals surface area contributed by atoms with E-state index in [-0.39, 0.29) is 0 Å². The van der Waals surface area contributed by atoms with Gasteiger partial charge in [-0.3, -0.25) is 4.90 Å². The summed E-state index contributed by atoms with van der Waals surface area (Å²) in [5.41, 5.74) is 1.56.